The zero-order chi connectivity index (χ0) is 17.1. The summed E-state index contributed by atoms with van der Waals surface area (Å²) < 4.78 is 0. The van der Waals surface area contributed by atoms with Gasteiger partial charge in [-0.15, -0.1) is 11.3 Å². The maximum atomic E-state index is 12.4. The van der Waals surface area contributed by atoms with Gasteiger partial charge in [0, 0.05) is 43.2 Å². The first-order valence-corrected chi connectivity index (χ1v) is 9.35. The Hall–Kier alpha value is -1.73. The largest absolute Gasteiger partial charge is 0.348 e. The number of likely N-dealkylation sites (tertiary alicyclic amines) is 1. The number of rotatable bonds is 5. The Labute approximate surface area is 146 Å². The predicted molar refractivity (Wildman–Crippen MR) is 95.1 cm³/mol. The van der Waals surface area contributed by atoms with Crippen molar-refractivity contribution >= 4 is 17.2 Å². The van der Waals surface area contributed by atoms with Crippen LogP contribution in [0.15, 0.2) is 12.4 Å². The standard InChI is InChI=1S/C17H25N5OS/c1-4-16-19-8-15(20-16)17(23)21-14-5-6-22(9-11(14)2)10-13-7-18-12(3)24-13/h7-8,11,14H,4-6,9-10H2,1-3H3,(H,19,20)(H,21,23)/t11-,14+/m0/s1. The van der Waals surface area contributed by atoms with E-state index in [0.29, 0.717) is 11.6 Å². The summed E-state index contributed by atoms with van der Waals surface area (Å²) in [6.07, 6.45) is 5.38. The van der Waals surface area contributed by atoms with Crippen LogP contribution < -0.4 is 5.32 Å². The summed E-state index contributed by atoms with van der Waals surface area (Å²) in [4.78, 5) is 27.7. The first-order valence-electron chi connectivity index (χ1n) is 8.53. The van der Waals surface area contributed by atoms with Crippen LogP contribution in [-0.2, 0) is 13.0 Å². The molecule has 0 aromatic carbocycles. The molecule has 2 N–H and O–H groups in total. The first kappa shape index (κ1) is 17.1. The van der Waals surface area contributed by atoms with Crippen LogP contribution in [0.2, 0.25) is 0 Å². The maximum Gasteiger partial charge on any atom is 0.269 e. The minimum Gasteiger partial charge on any atom is -0.348 e. The minimum atomic E-state index is -0.0504. The van der Waals surface area contributed by atoms with E-state index in [-0.39, 0.29) is 11.9 Å². The van der Waals surface area contributed by atoms with Crippen LogP contribution >= 0.6 is 11.3 Å². The van der Waals surface area contributed by atoms with Crippen LogP contribution in [0.4, 0.5) is 0 Å². The summed E-state index contributed by atoms with van der Waals surface area (Å²) in [5, 5.41) is 4.28. The van der Waals surface area contributed by atoms with Crippen molar-refractivity contribution in [2.45, 2.75) is 46.2 Å². The number of aromatic nitrogens is 3. The summed E-state index contributed by atoms with van der Waals surface area (Å²) >= 11 is 1.76. The van der Waals surface area contributed by atoms with Gasteiger partial charge in [-0.25, -0.2) is 9.97 Å². The summed E-state index contributed by atoms with van der Waals surface area (Å²) in [6, 6.07) is 0.213. The van der Waals surface area contributed by atoms with Gasteiger partial charge in [0.15, 0.2) is 0 Å². The number of hydrogen-bond donors (Lipinski definition) is 2. The van der Waals surface area contributed by atoms with Crippen molar-refractivity contribution in [3.8, 4) is 0 Å². The summed E-state index contributed by atoms with van der Waals surface area (Å²) in [5.41, 5.74) is 0.557. The van der Waals surface area contributed by atoms with E-state index in [4.69, 9.17) is 0 Å². The average molecular weight is 347 g/mol. The number of piperidine rings is 1. The highest BCUT2D eigenvalue weighted by Gasteiger charge is 2.28. The zero-order valence-corrected chi connectivity index (χ0v) is 15.3. The highest BCUT2D eigenvalue weighted by molar-refractivity contribution is 7.11. The molecule has 0 saturated carbocycles. The van der Waals surface area contributed by atoms with Crippen LogP contribution in [0.5, 0.6) is 0 Å². The number of aromatic amines is 1. The van der Waals surface area contributed by atoms with Crippen molar-refractivity contribution in [1.29, 1.82) is 0 Å². The van der Waals surface area contributed by atoms with Gasteiger partial charge in [-0.05, 0) is 19.3 Å². The molecule has 1 saturated heterocycles. The number of amides is 1. The van der Waals surface area contributed by atoms with E-state index >= 15 is 0 Å². The van der Waals surface area contributed by atoms with Crippen LogP contribution in [0.3, 0.4) is 0 Å². The van der Waals surface area contributed by atoms with Crippen molar-refractivity contribution in [1.82, 2.24) is 25.2 Å². The molecule has 0 aliphatic carbocycles. The normalized spacial score (nSPS) is 21.8. The van der Waals surface area contributed by atoms with E-state index in [0.717, 1.165) is 43.3 Å². The second-order valence-electron chi connectivity index (χ2n) is 6.52. The number of H-pyrrole nitrogens is 1. The Balaban J connectivity index is 1.52. The second kappa shape index (κ2) is 7.44. The number of nitrogens with zero attached hydrogens (tertiary/aromatic N) is 3. The predicted octanol–water partition coefficient (Wildman–Crippen LogP) is 2.38. The van der Waals surface area contributed by atoms with Gasteiger partial charge in [-0.2, -0.15) is 0 Å². The van der Waals surface area contributed by atoms with Crippen LogP contribution in [0, 0.1) is 12.8 Å². The summed E-state index contributed by atoms with van der Waals surface area (Å²) in [5.74, 6) is 1.22. The molecule has 2 atom stereocenters. The SMILES string of the molecule is CCc1ncc(C(=O)N[C@@H]2CCN(Cc3cnc(C)s3)C[C@@H]2C)[nH]1. The lowest BCUT2D eigenvalue weighted by molar-refractivity contribution is 0.0857. The number of carbonyl (C=O) groups is 1. The van der Waals surface area contributed by atoms with Gasteiger partial charge in [0.1, 0.15) is 11.5 Å². The Morgan fingerprint density at radius 2 is 2.29 bits per heavy atom. The summed E-state index contributed by atoms with van der Waals surface area (Å²) in [6.45, 7) is 9.21. The summed E-state index contributed by atoms with van der Waals surface area (Å²) in [7, 11) is 0. The Bertz CT molecular complexity index is 695. The van der Waals surface area contributed by atoms with E-state index in [1.807, 2.05) is 20.0 Å². The molecule has 2 aromatic heterocycles. The first-order chi connectivity index (χ1) is 11.5. The zero-order valence-electron chi connectivity index (χ0n) is 14.5. The highest BCUT2D eigenvalue weighted by atomic mass is 32.1. The number of thiazole rings is 1. The number of nitrogens with one attached hydrogen (secondary N) is 2. The third kappa shape index (κ3) is 4.02. The second-order valence-corrected chi connectivity index (χ2v) is 7.84. The van der Waals surface area contributed by atoms with Gasteiger partial charge in [0.2, 0.25) is 0 Å². The lowest BCUT2D eigenvalue weighted by Gasteiger charge is -2.37. The van der Waals surface area contributed by atoms with Crippen molar-refractivity contribution in [2.75, 3.05) is 13.1 Å². The number of imidazole rings is 1. The molecule has 24 heavy (non-hydrogen) atoms. The lowest BCUT2D eigenvalue weighted by atomic mass is 9.93. The van der Waals surface area contributed by atoms with Gasteiger partial charge < -0.3 is 10.3 Å². The van der Waals surface area contributed by atoms with E-state index < -0.39 is 0 Å². The molecule has 0 unspecified atom stereocenters. The minimum absolute atomic E-state index is 0.0504. The van der Waals surface area contributed by atoms with Gasteiger partial charge in [-0.3, -0.25) is 9.69 Å². The fourth-order valence-corrected chi connectivity index (χ4v) is 4.03. The Morgan fingerprint density at radius 3 is 2.92 bits per heavy atom. The monoisotopic (exact) mass is 347 g/mol. The van der Waals surface area contributed by atoms with Crippen molar-refractivity contribution in [2.24, 2.45) is 5.92 Å². The molecule has 2 aromatic rings. The Kier molecular flexibility index (Phi) is 5.30. The molecule has 3 rings (SSSR count). The molecule has 1 aliphatic heterocycles. The highest BCUT2D eigenvalue weighted by Crippen LogP contribution is 2.21. The van der Waals surface area contributed by atoms with Crippen molar-refractivity contribution in [3.05, 3.63) is 33.8 Å². The van der Waals surface area contributed by atoms with Gasteiger partial charge in [-0.1, -0.05) is 13.8 Å². The number of hydrogen-bond acceptors (Lipinski definition) is 5. The van der Waals surface area contributed by atoms with Crippen molar-refractivity contribution in [3.63, 3.8) is 0 Å². The lowest BCUT2D eigenvalue weighted by Crippen LogP contribution is -2.49. The molecule has 3 heterocycles. The van der Waals surface area contributed by atoms with E-state index in [9.17, 15) is 4.79 Å². The quantitative estimate of drug-likeness (QED) is 0.871. The molecular formula is C17H25N5OS. The van der Waals surface area contributed by atoms with Crippen LogP contribution in [-0.4, -0.2) is 44.9 Å². The van der Waals surface area contributed by atoms with E-state index in [1.54, 1.807) is 17.5 Å². The van der Waals surface area contributed by atoms with E-state index in [2.05, 4.69) is 32.1 Å². The van der Waals surface area contributed by atoms with Crippen molar-refractivity contribution < 1.29 is 4.79 Å². The molecule has 1 fully saturated rings. The van der Waals surface area contributed by atoms with Crippen LogP contribution in [0.1, 0.15) is 46.5 Å². The van der Waals surface area contributed by atoms with Gasteiger partial charge in [0.05, 0.1) is 11.2 Å². The third-order valence-electron chi connectivity index (χ3n) is 4.56. The van der Waals surface area contributed by atoms with E-state index in [1.165, 1.54) is 4.88 Å². The molecule has 130 valence electrons. The Morgan fingerprint density at radius 1 is 1.46 bits per heavy atom. The van der Waals surface area contributed by atoms with Crippen LogP contribution in [0.25, 0.3) is 0 Å². The molecule has 0 spiro atoms. The topological polar surface area (TPSA) is 73.9 Å². The third-order valence-corrected chi connectivity index (χ3v) is 5.46. The fraction of sp³-hybridized carbons (Fsp3) is 0.588. The average Bonchev–Trinajstić information content (AvgIpc) is 3.19. The van der Waals surface area contributed by atoms with Gasteiger partial charge >= 0.3 is 0 Å². The molecule has 1 amide bonds. The number of carbonyl (C=O) groups excluding carboxylic acids is 1. The smallest absolute Gasteiger partial charge is 0.269 e. The molecular weight excluding hydrogens is 322 g/mol. The molecule has 0 radical (unpaired) electrons. The van der Waals surface area contributed by atoms with Gasteiger partial charge in [0.25, 0.3) is 5.91 Å². The molecule has 0 bridgehead atoms. The maximum absolute atomic E-state index is 12.4. The molecule has 6 nitrogen and oxygen atoms in total. The number of aryl methyl sites for hydroxylation is 2. The molecule has 7 heteroatoms. The molecule has 1 aliphatic rings. The fourth-order valence-electron chi connectivity index (χ4n) is 3.19.